The zero-order valence-corrected chi connectivity index (χ0v) is 14.0. The van der Waals surface area contributed by atoms with Gasteiger partial charge in [0.1, 0.15) is 5.75 Å². The van der Waals surface area contributed by atoms with Gasteiger partial charge in [-0.15, -0.1) is 12.4 Å². The number of ether oxygens (including phenoxy) is 1. The molecule has 2 rings (SSSR count). The van der Waals surface area contributed by atoms with Crippen LogP contribution >= 0.6 is 12.4 Å². The van der Waals surface area contributed by atoms with Gasteiger partial charge >= 0.3 is 0 Å². The molecule has 0 spiro atoms. The van der Waals surface area contributed by atoms with Crippen LogP contribution in [0.5, 0.6) is 5.75 Å². The van der Waals surface area contributed by atoms with Gasteiger partial charge in [0.05, 0.1) is 6.61 Å². The first-order valence-corrected chi connectivity index (χ1v) is 7.13. The van der Waals surface area contributed by atoms with E-state index in [0.29, 0.717) is 6.61 Å². The Morgan fingerprint density at radius 1 is 1.00 bits per heavy atom. The molecule has 0 unspecified atom stereocenters. The fourth-order valence-electron chi connectivity index (χ4n) is 2.55. The third-order valence-corrected chi connectivity index (χ3v) is 3.53. The van der Waals surface area contributed by atoms with Crippen molar-refractivity contribution < 1.29 is 4.74 Å². The lowest BCUT2D eigenvalue weighted by Gasteiger charge is -2.13. The maximum absolute atomic E-state index is 5.58. The SMILES string of the molecule is CCOc1cccc(-c2cc(C)c(CNC)c(C)c2)c1.Cl. The molecule has 0 amide bonds. The predicted octanol–water partition coefficient (Wildman–Crippen LogP) is 4.51. The van der Waals surface area contributed by atoms with Gasteiger partial charge in [-0.25, -0.2) is 0 Å². The Morgan fingerprint density at radius 2 is 1.67 bits per heavy atom. The van der Waals surface area contributed by atoms with Crippen molar-refractivity contribution in [2.45, 2.75) is 27.3 Å². The van der Waals surface area contributed by atoms with E-state index in [9.17, 15) is 0 Å². The smallest absolute Gasteiger partial charge is 0.119 e. The lowest BCUT2D eigenvalue weighted by atomic mass is 9.95. The molecule has 0 radical (unpaired) electrons. The standard InChI is InChI=1S/C18H23NO.ClH/c1-5-20-17-8-6-7-15(11-17)16-9-13(2)18(12-19-4)14(3)10-16;/h6-11,19H,5,12H2,1-4H3;1H. The number of rotatable bonds is 5. The summed E-state index contributed by atoms with van der Waals surface area (Å²) in [5, 5.41) is 3.23. The minimum atomic E-state index is 0. The molecular formula is C18H24ClNO. The first-order valence-electron chi connectivity index (χ1n) is 7.13. The molecule has 2 aromatic rings. The van der Waals surface area contributed by atoms with Gasteiger partial charge in [0.2, 0.25) is 0 Å². The van der Waals surface area contributed by atoms with E-state index in [2.05, 4.69) is 43.4 Å². The van der Waals surface area contributed by atoms with E-state index in [-0.39, 0.29) is 12.4 Å². The summed E-state index contributed by atoms with van der Waals surface area (Å²) in [4.78, 5) is 0. The summed E-state index contributed by atoms with van der Waals surface area (Å²) >= 11 is 0. The van der Waals surface area contributed by atoms with Crippen LogP contribution in [0.1, 0.15) is 23.6 Å². The number of benzene rings is 2. The average Bonchev–Trinajstić information content (AvgIpc) is 2.43. The minimum absolute atomic E-state index is 0. The third kappa shape index (κ3) is 4.23. The molecule has 114 valence electrons. The molecule has 2 aromatic carbocycles. The van der Waals surface area contributed by atoms with Crippen LogP contribution in [0.4, 0.5) is 0 Å². The summed E-state index contributed by atoms with van der Waals surface area (Å²) in [6.45, 7) is 7.97. The van der Waals surface area contributed by atoms with Crippen LogP contribution in [0, 0.1) is 13.8 Å². The van der Waals surface area contributed by atoms with Crippen LogP contribution in [0.2, 0.25) is 0 Å². The number of aryl methyl sites for hydroxylation is 2. The molecule has 0 aliphatic rings. The first kappa shape index (κ1) is 17.5. The van der Waals surface area contributed by atoms with Gasteiger partial charge in [0.25, 0.3) is 0 Å². The molecule has 0 aromatic heterocycles. The number of hydrogen-bond acceptors (Lipinski definition) is 2. The number of halogens is 1. The lowest BCUT2D eigenvalue weighted by Crippen LogP contribution is -2.08. The van der Waals surface area contributed by atoms with E-state index in [1.165, 1.54) is 27.8 Å². The maximum Gasteiger partial charge on any atom is 0.119 e. The van der Waals surface area contributed by atoms with Crippen LogP contribution in [0.3, 0.4) is 0 Å². The van der Waals surface area contributed by atoms with E-state index in [1.54, 1.807) is 0 Å². The van der Waals surface area contributed by atoms with E-state index in [0.717, 1.165) is 12.3 Å². The van der Waals surface area contributed by atoms with E-state index >= 15 is 0 Å². The maximum atomic E-state index is 5.58. The normalized spacial score (nSPS) is 10.1. The van der Waals surface area contributed by atoms with Crippen molar-refractivity contribution in [3.05, 3.63) is 53.1 Å². The fraction of sp³-hybridized carbons (Fsp3) is 0.333. The van der Waals surface area contributed by atoms with E-state index in [1.807, 2.05) is 26.1 Å². The lowest BCUT2D eigenvalue weighted by molar-refractivity contribution is 0.340. The highest BCUT2D eigenvalue weighted by atomic mass is 35.5. The van der Waals surface area contributed by atoms with Gasteiger partial charge in [0, 0.05) is 6.54 Å². The Kier molecular flexibility index (Phi) is 6.73. The summed E-state index contributed by atoms with van der Waals surface area (Å²) in [7, 11) is 1.98. The van der Waals surface area contributed by atoms with Crippen LogP contribution in [-0.4, -0.2) is 13.7 Å². The summed E-state index contributed by atoms with van der Waals surface area (Å²) < 4.78 is 5.58. The highest BCUT2D eigenvalue weighted by Crippen LogP contribution is 2.28. The molecule has 0 fully saturated rings. The topological polar surface area (TPSA) is 21.3 Å². The Morgan fingerprint density at radius 3 is 2.24 bits per heavy atom. The Balaban J connectivity index is 0.00000220. The molecular weight excluding hydrogens is 282 g/mol. The van der Waals surface area contributed by atoms with Crippen molar-refractivity contribution in [3.8, 4) is 16.9 Å². The summed E-state index contributed by atoms with van der Waals surface area (Å²) in [5.41, 5.74) is 6.50. The van der Waals surface area contributed by atoms with Crippen molar-refractivity contribution >= 4 is 12.4 Å². The summed E-state index contributed by atoms with van der Waals surface area (Å²) in [5.74, 6) is 0.930. The first-order chi connectivity index (χ1) is 9.65. The van der Waals surface area contributed by atoms with Gasteiger partial charge in [-0.1, -0.05) is 24.3 Å². The fourth-order valence-corrected chi connectivity index (χ4v) is 2.55. The second-order valence-corrected chi connectivity index (χ2v) is 5.08. The molecule has 21 heavy (non-hydrogen) atoms. The molecule has 0 aliphatic heterocycles. The van der Waals surface area contributed by atoms with Crippen molar-refractivity contribution in [2.75, 3.05) is 13.7 Å². The van der Waals surface area contributed by atoms with Crippen molar-refractivity contribution in [1.29, 1.82) is 0 Å². The minimum Gasteiger partial charge on any atom is -0.494 e. The van der Waals surface area contributed by atoms with Crippen molar-refractivity contribution in [2.24, 2.45) is 0 Å². The van der Waals surface area contributed by atoms with Gasteiger partial charge in [-0.3, -0.25) is 0 Å². The van der Waals surface area contributed by atoms with Crippen LogP contribution in [-0.2, 0) is 6.54 Å². The highest BCUT2D eigenvalue weighted by Gasteiger charge is 2.07. The molecule has 0 bridgehead atoms. The van der Waals surface area contributed by atoms with E-state index in [4.69, 9.17) is 4.74 Å². The largest absolute Gasteiger partial charge is 0.494 e. The molecule has 2 nitrogen and oxygen atoms in total. The van der Waals surface area contributed by atoms with Gasteiger partial charge < -0.3 is 10.1 Å². The Labute approximate surface area is 133 Å². The van der Waals surface area contributed by atoms with Crippen LogP contribution < -0.4 is 10.1 Å². The second kappa shape index (κ2) is 8.06. The average molecular weight is 306 g/mol. The van der Waals surface area contributed by atoms with Crippen LogP contribution in [0.25, 0.3) is 11.1 Å². The summed E-state index contributed by atoms with van der Waals surface area (Å²) in [6.07, 6.45) is 0. The predicted molar refractivity (Wildman–Crippen MR) is 92.5 cm³/mol. The van der Waals surface area contributed by atoms with Gasteiger partial charge in [-0.05, 0) is 67.8 Å². The van der Waals surface area contributed by atoms with Crippen LogP contribution in [0.15, 0.2) is 36.4 Å². The van der Waals surface area contributed by atoms with Gasteiger partial charge in [0.15, 0.2) is 0 Å². The Hall–Kier alpha value is -1.51. The zero-order chi connectivity index (χ0) is 14.5. The molecule has 0 atom stereocenters. The van der Waals surface area contributed by atoms with Crippen molar-refractivity contribution in [3.63, 3.8) is 0 Å². The third-order valence-electron chi connectivity index (χ3n) is 3.53. The molecule has 1 N–H and O–H groups in total. The molecule has 0 saturated carbocycles. The molecule has 0 saturated heterocycles. The molecule has 3 heteroatoms. The summed E-state index contributed by atoms with van der Waals surface area (Å²) in [6, 6.07) is 12.8. The van der Waals surface area contributed by atoms with Gasteiger partial charge in [-0.2, -0.15) is 0 Å². The second-order valence-electron chi connectivity index (χ2n) is 5.08. The quantitative estimate of drug-likeness (QED) is 0.877. The monoisotopic (exact) mass is 305 g/mol. The molecule has 0 aliphatic carbocycles. The number of nitrogens with one attached hydrogen (secondary N) is 1. The van der Waals surface area contributed by atoms with Crippen molar-refractivity contribution in [1.82, 2.24) is 5.32 Å². The number of hydrogen-bond donors (Lipinski definition) is 1. The molecule has 0 heterocycles. The zero-order valence-electron chi connectivity index (χ0n) is 13.2. The highest BCUT2D eigenvalue weighted by molar-refractivity contribution is 5.85. The Bertz CT molecular complexity index is 573. The van der Waals surface area contributed by atoms with E-state index < -0.39 is 0 Å².